The van der Waals surface area contributed by atoms with Crippen LogP contribution in [-0.2, 0) is 0 Å². The van der Waals surface area contributed by atoms with E-state index in [1.54, 1.807) is 6.33 Å². The molecule has 5 rings (SSSR count). The molecule has 4 nitrogen and oxygen atoms in total. The Labute approximate surface area is 155 Å². The Morgan fingerprint density at radius 2 is 1.73 bits per heavy atom. The van der Waals surface area contributed by atoms with Gasteiger partial charge in [-0.25, -0.2) is 4.68 Å². The maximum atomic E-state index is 6.04. The summed E-state index contributed by atoms with van der Waals surface area (Å²) in [5.74, 6) is 0.732. The molecule has 26 heavy (non-hydrogen) atoms. The van der Waals surface area contributed by atoms with Crippen LogP contribution >= 0.6 is 11.6 Å². The third-order valence-corrected chi connectivity index (χ3v) is 4.96. The van der Waals surface area contributed by atoms with Crippen LogP contribution in [0.25, 0.3) is 16.5 Å². The van der Waals surface area contributed by atoms with E-state index in [1.165, 1.54) is 16.3 Å². The summed E-state index contributed by atoms with van der Waals surface area (Å²) in [6, 6.07) is 22.6. The van der Waals surface area contributed by atoms with Crippen LogP contribution in [0.2, 0.25) is 5.02 Å². The number of hydrogen-bond acceptors (Lipinski definition) is 3. The monoisotopic (exact) mass is 358 g/mol. The Kier molecular flexibility index (Phi) is 3.50. The number of benzene rings is 3. The lowest BCUT2D eigenvalue weighted by Gasteiger charge is -2.25. The summed E-state index contributed by atoms with van der Waals surface area (Å²) in [6.07, 6.45) is 3.77. The molecule has 1 atom stereocenters. The van der Waals surface area contributed by atoms with E-state index in [-0.39, 0.29) is 6.04 Å². The topological polar surface area (TPSA) is 42.7 Å². The molecular weight excluding hydrogens is 344 g/mol. The summed E-state index contributed by atoms with van der Waals surface area (Å²) < 4.78 is 1.92. The van der Waals surface area contributed by atoms with Crippen LogP contribution in [0.1, 0.15) is 17.2 Å². The maximum absolute atomic E-state index is 6.04. The molecule has 126 valence electrons. The number of hydrogen-bond donors (Lipinski definition) is 1. The van der Waals surface area contributed by atoms with E-state index in [9.17, 15) is 0 Å². The Hall–Kier alpha value is -3.11. The van der Waals surface area contributed by atoms with Gasteiger partial charge in [-0.05, 0) is 40.1 Å². The van der Waals surface area contributed by atoms with Crippen molar-refractivity contribution in [1.29, 1.82) is 0 Å². The van der Waals surface area contributed by atoms with Crippen LogP contribution in [0, 0.1) is 0 Å². The predicted octanol–water partition coefficient (Wildman–Crippen LogP) is 5.14. The number of anilines is 1. The summed E-state index contributed by atoms with van der Waals surface area (Å²) in [7, 11) is 0. The minimum atomic E-state index is -0.0365. The Morgan fingerprint density at radius 3 is 2.62 bits per heavy atom. The molecule has 4 aromatic rings. The van der Waals surface area contributed by atoms with Gasteiger partial charge in [0.1, 0.15) is 12.4 Å². The van der Waals surface area contributed by atoms with E-state index in [4.69, 9.17) is 11.6 Å². The number of nitrogens with zero attached hydrogens (tertiary/aromatic N) is 3. The Morgan fingerprint density at radius 1 is 0.923 bits per heavy atom. The van der Waals surface area contributed by atoms with E-state index < -0.39 is 0 Å². The number of halogens is 1. The Bertz CT molecular complexity index is 1120. The molecule has 0 fully saturated rings. The lowest BCUT2D eigenvalue weighted by atomic mass is 9.96. The van der Waals surface area contributed by atoms with Crippen LogP contribution in [0.3, 0.4) is 0 Å². The van der Waals surface area contributed by atoms with Crippen LogP contribution in [-0.4, -0.2) is 14.8 Å². The fourth-order valence-electron chi connectivity index (χ4n) is 3.46. The van der Waals surface area contributed by atoms with Gasteiger partial charge in [0.2, 0.25) is 5.95 Å². The van der Waals surface area contributed by atoms with E-state index in [1.807, 2.05) is 28.9 Å². The van der Waals surface area contributed by atoms with Gasteiger partial charge < -0.3 is 5.32 Å². The van der Waals surface area contributed by atoms with Crippen molar-refractivity contribution in [1.82, 2.24) is 14.8 Å². The molecule has 0 spiro atoms. The molecule has 5 heteroatoms. The normalized spacial score (nSPS) is 16.0. The lowest BCUT2D eigenvalue weighted by Crippen LogP contribution is -2.20. The smallest absolute Gasteiger partial charge is 0.226 e. The zero-order chi connectivity index (χ0) is 17.5. The minimum Gasteiger partial charge on any atom is -0.324 e. The first-order chi connectivity index (χ1) is 12.8. The second-order valence-electron chi connectivity index (χ2n) is 6.25. The van der Waals surface area contributed by atoms with Crippen molar-refractivity contribution in [2.75, 3.05) is 5.32 Å². The molecular formula is C21H15ClN4. The molecule has 0 radical (unpaired) electrons. The maximum Gasteiger partial charge on any atom is 0.226 e. The van der Waals surface area contributed by atoms with Gasteiger partial charge in [-0.3, -0.25) is 0 Å². The van der Waals surface area contributed by atoms with E-state index in [2.05, 4.69) is 63.9 Å². The van der Waals surface area contributed by atoms with Gasteiger partial charge in [-0.15, -0.1) is 0 Å². The molecule has 1 aromatic heterocycles. The molecule has 1 aliphatic rings. The molecule has 0 aliphatic carbocycles. The van der Waals surface area contributed by atoms with Crippen LogP contribution in [0.4, 0.5) is 5.95 Å². The summed E-state index contributed by atoms with van der Waals surface area (Å²) >= 11 is 6.04. The van der Waals surface area contributed by atoms with Gasteiger partial charge in [-0.1, -0.05) is 66.2 Å². The van der Waals surface area contributed by atoms with E-state index in [0.29, 0.717) is 0 Å². The van der Waals surface area contributed by atoms with Crippen molar-refractivity contribution in [3.05, 3.63) is 95.3 Å². The van der Waals surface area contributed by atoms with Crippen LogP contribution < -0.4 is 5.32 Å². The average Bonchev–Trinajstić information content (AvgIpc) is 3.16. The lowest BCUT2D eigenvalue weighted by molar-refractivity contribution is 0.615. The largest absolute Gasteiger partial charge is 0.324 e. The number of aromatic nitrogens is 3. The second-order valence-corrected chi connectivity index (χ2v) is 6.69. The molecule has 0 saturated carbocycles. The van der Waals surface area contributed by atoms with Gasteiger partial charge in [0.05, 0.1) is 0 Å². The molecule has 0 bridgehead atoms. The highest BCUT2D eigenvalue weighted by atomic mass is 35.5. The number of nitrogens with one attached hydrogen (secondary N) is 1. The third kappa shape index (κ3) is 2.47. The molecule has 2 heterocycles. The van der Waals surface area contributed by atoms with Crippen molar-refractivity contribution in [2.45, 2.75) is 6.04 Å². The molecule has 1 aliphatic heterocycles. The number of fused-ring (bicyclic) bond motifs is 2. The van der Waals surface area contributed by atoms with Crippen LogP contribution in [0.15, 0.2) is 79.1 Å². The van der Waals surface area contributed by atoms with Crippen molar-refractivity contribution in [3.8, 4) is 0 Å². The van der Waals surface area contributed by atoms with Crippen molar-refractivity contribution >= 4 is 34.0 Å². The summed E-state index contributed by atoms with van der Waals surface area (Å²) in [4.78, 5) is 4.38. The summed E-state index contributed by atoms with van der Waals surface area (Å²) in [5, 5.41) is 11.0. The van der Waals surface area contributed by atoms with Gasteiger partial charge in [0.15, 0.2) is 0 Å². The predicted molar refractivity (Wildman–Crippen MR) is 105 cm³/mol. The second kappa shape index (κ2) is 6.00. The van der Waals surface area contributed by atoms with Crippen molar-refractivity contribution < 1.29 is 0 Å². The quantitative estimate of drug-likeness (QED) is 0.539. The van der Waals surface area contributed by atoms with Gasteiger partial charge in [-0.2, -0.15) is 10.1 Å². The Balaban J connectivity index is 1.70. The highest BCUT2D eigenvalue weighted by Crippen LogP contribution is 2.35. The molecule has 1 N–H and O–H groups in total. The zero-order valence-corrected chi connectivity index (χ0v) is 14.6. The third-order valence-electron chi connectivity index (χ3n) is 4.70. The number of allylic oxidation sites excluding steroid dienone is 1. The average molecular weight is 359 g/mol. The first-order valence-electron chi connectivity index (χ1n) is 8.41. The first-order valence-corrected chi connectivity index (χ1v) is 8.79. The highest BCUT2D eigenvalue weighted by Gasteiger charge is 2.24. The van der Waals surface area contributed by atoms with E-state index >= 15 is 0 Å². The molecule has 0 saturated heterocycles. The van der Waals surface area contributed by atoms with E-state index in [0.717, 1.165) is 22.2 Å². The van der Waals surface area contributed by atoms with Crippen LogP contribution in [0.5, 0.6) is 0 Å². The van der Waals surface area contributed by atoms with Crippen molar-refractivity contribution in [3.63, 3.8) is 0 Å². The molecule has 0 unspecified atom stereocenters. The number of rotatable bonds is 2. The molecule has 3 aromatic carbocycles. The summed E-state index contributed by atoms with van der Waals surface area (Å²) in [6.45, 7) is 0. The highest BCUT2D eigenvalue weighted by molar-refractivity contribution is 6.30. The first kappa shape index (κ1) is 15.2. The zero-order valence-electron chi connectivity index (χ0n) is 13.8. The fourth-order valence-corrected chi connectivity index (χ4v) is 3.59. The summed E-state index contributed by atoms with van der Waals surface area (Å²) in [5.41, 5.74) is 3.26. The van der Waals surface area contributed by atoms with Gasteiger partial charge >= 0.3 is 0 Å². The fraction of sp³-hybridized carbons (Fsp3) is 0.0476. The van der Waals surface area contributed by atoms with Crippen molar-refractivity contribution in [2.24, 2.45) is 0 Å². The SMILES string of the molecule is Clc1ccc(C2=C[C@H](c3cccc4ccccc34)n3ncnc3N2)cc1. The van der Waals surface area contributed by atoms with Gasteiger partial charge in [0.25, 0.3) is 0 Å². The standard InChI is InChI=1S/C21H15ClN4/c22-16-10-8-15(9-11-16)19-12-20(26-21(25-19)23-13-24-26)18-7-3-5-14-4-1-2-6-17(14)18/h1-13,20H,(H,23,24,25)/t20-/m1/s1. The minimum absolute atomic E-state index is 0.0365. The molecule has 0 amide bonds. The van der Waals surface area contributed by atoms with Gasteiger partial charge in [0, 0.05) is 10.7 Å².